The highest BCUT2D eigenvalue weighted by atomic mass is 19.4. The highest BCUT2D eigenvalue weighted by Crippen LogP contribution is 2.51. The number of alkyl halides is 4. The molecule has 19 nitrogen and oxygen atoms in total. The number of nitrogens with one attached hydrogen (secondary N) is 8. The fourth-order valence-electron chi connectivity index (χ4n) is 10.5. The first-order valence-corrected chi connectivity index (χ1v) is 54.6. The molecule has 1 aliphatic heterocycles. The van der Waals surface area contributed by atoms with Gasteiger partial charge in [0, 0.05) is 122 Å². The van der Waals surface area contributed by atoms with Crippen LogP contribution in [0.25, 0.3) is 0 Å². The molecular formula is C118H248F4N14O5. The van der Waals surface area contributed by atoms with Gasteiger partial charge in [-0.25, -0.2) is 4.39 Å². The van der Waals surface area contributed by atoms with E-state index in [2.05, 4.69) is 379 Å². The largest absolute Gasteiger partial charge is 0.471 e. The lowest BCUT2D eigenvalue weighted by atomic mass is 9.87. The van der Waals surface area contributed by atoms with Crippen LogP contribution in [-0.4, -0.2) is 236 Å². The maximum Gasteiger partial charge on any atom is 0.471 e. The van der Waals surface area contributed by atoms with E-state index in [1.165, 1.54) is 96.9 Å². The van der Waals surface area contributed by atoms with E-state index >= 15 is 0 Å². The molecule has 141 heavy (non-hydrogen) atoms. The maximum absolute atomic E-state index is 12.6. The first kappa shape index (κ1) is 155. The zero-order valence-electron chi connectivity index (χ0n) is 104. The van der Waals surface area contributed by atoms with Gasteiger partial charge in [0.2, 0.25) is 11.8 Å². The predicted octanol–water partition coefficient (Wildman–Crippen LogP) is 28.6. The van der Waals surface area contributed by atoms with Crippen molar-refractivity contribution in [1.29, 1.82) is 0 Å². The topological polar surface area (TPSA) is 222 Å². The molecule has 6 rings (SSSR count). The van der Waals surface area contributed by atoms with Crippen molar-refractivity contribution in [2.75, 3.05) is 159 Å². The molecule has 0 aromatic heterocycles. The van der Waals surface area contributed by atoms with Gasteiger partial charge in [0.05, 0.1) is 26.3 Å². The molecule has 1 atom stereocenters. The highest BCUT2D eigenvalue weighted by molar-refractivity contribution is 5.82. The third-order valence-corrected chi connectivity index (χ3v) is 19.7. The Balaban J connectivity index is -0.000000191. The molecule has 0 radical (unpaired) electrons. The number of likely N-dealkylation sites (N-methyl/N-ethyl adjacent to an activating group) is 1. The molecule has 5 saturated carbocycles. The lowest BCUT2D eigenvalue weighted by molar-refractivity contribution is -0.222. The van der Waals surface area contributed by atoms with Crippen molar-refractivity contribution in [2.45, 2.75) is 460 Å². The van der Waals surface area contributed by atoms with E-state index in [0.717, 1.165) is 127 Å². The van der Waals surface area contributed by atoms with E-state index in [1.54, 1.807) is 46.9 Å². The standard InChI is InChI=1S/C13H25N.C12H18F3NO2.C9H20N2O.C9H19N.C8H17NO.C8H17N.C8H15N.C8H17N.C7H15NO.2C7H17N.C6H15N.C6H14.C6H12.C4H10FN/c1-13(2,3)11-14-10-9-12-7-5-4-6-8-12;1-10(2,3)9-16(8(17)12(13,14)15)6-11(4-5-11)7-18-9;1-9(2,3)7-10-6-8(12)11(4)5;1-9(2,3)7-10-6-8-4-5-8;1-8(2,3)7-9-5-6-10-4;2*1-8(2,3)6-9-7-4-5-7;1-5-6-9-7-8(2,3)4;1-6(9)8-5-7(2,3)4;2*1-5-8-6-7(2,3)4;1-6(2,3)5-7-4;2*1-5-6(2,3)4;1-2-6-4-3-5/h11-12H,4-10H2,1-3H3;9H,4-7H2,1-3H3;10H,6-7H2,1-5H3;8,10H,4-7H2,1-3H3;7H,5-6H2,1-4H3;7,9H,4-6H2,1-3H3;6-7H,4-5H2,1-3H3;7H,5-6H2,1-4H3;5H2,1-4H3,(H,8,9);2*8H,5-6H2,1-4H3;7H,5H2,1-4H3;5H2,1-4H3;5H,1H2,2-4H3;6H,2-4H2,1H3. The number of halogens is 4. The van der Waals surface area contributed by atoms with E-state index < -0.39 is 23.7 Å². The monoisotopic (exact) mass is 2020 g/mol. The molecular weight excluding hydrogens is 1770 g/mol. The van der Waals surface area contributed by atoms with Crippen molar-refractivity contribution < 1.29 is 41.4 Å². The molecule has 1 unspecified atom stereocenters. The molecule has 6 aliphatic rings. The Kier molecular flexibility index (Phi) is 87.1. The van der Waals surface area contributed by atoms with E-state index in [0.29, 0.717) is 70.3 Å². The molecule has 8 N–H and O–H groups in total. The van der Waals surface area contributed by atoms with Gasteiger partial charge in [-0.15, -0.1) is 6.58 Å². The van der Waals surface area contributed by atoms with Gasteiger partial charge >= 0.3 is 12.1 Å². The van der Waals surface area contributed by atoms with Crippen molar-refractivity contribution in [3.05, 3.63) is 12.7 Å². The first-order chi connectivity index (χ1) is 63.4. The average molecular weight is 2020 g/mol. The van der Waals surface area contributed by atoms with Crippen LogP contribution >= 0.6 is 0 Å². The summed E-state index contributed by atoms with van der Waals surface area (Å²) in [6, 6.07) is 1.55. The van der Waals surface area contributed by atoms with Crippen LogP contribution in [0.1, 0.15) is 435 Å². The first-order valence-electron chi connectivity index (χ1n) is 54.6. The quantitative estimate of drug-likeness (QED) is 0.0175. The number of hydrogen-bond donors (Lipinski definition) is 8. The molecule has 848 valence electrons. The fraction of sp³-hybridized carbons (Fsp3) is 0.924. The summed E-state index contributed by atoms with van der Waals surface area (Å²) < 4.78 is 59.4. The number of rotatable bonds is 26. The van der Waals surface area contributed by atoms with E-state index in [-0.39, 0.29) is 62.9 Å². The van der Waals surface area contributed by atoms with E-state index in [9.17, 15) is 31.9 Å². The summed E-state index contributed by atoms with van der Waals surface area (Å²) >= 11 is 0. The van der Waals surface area contributed by atoms with Crippen LogP contribution in [0.4, 0.5) is 17.6 Å². The van der Waals surface area contributed by atoms with Crippen LogP contribution in [-0.2, 0) is 23.9 Å². The lowest BCUT2D eigenvalue weighted by Gasteiger charge is -2.45. The van der Waals surface area contributed by atoms with Crippen molar-refractivity contribution in [3.8, 4) is 0 Å². The highest BCUT2D eigenvalue weighted by Gasteiger charge is 2.56. The smallest absolute Gasteiger partial charge is 0.383 e. The van der Waals surface area contributed by atoms with Crippen LogP contribution in [0, 0.1) is 93.1 Å². The third-order valence-electron chi connectivity index (χ3n) is 19.7. The summed E-state index contributed by atoms with van der Waals surface area (Å²) in [5.41, 5.74) is 3.77. The Bertz CT molecular complexity index is 3030. The number of aliphatic imine (C=N–C) groups is 4. The van der Waals surface area contributed by atoms with Gasteiger partial charge in [-0.1, -0.05) is 370 Å². The van der Waals surface area contributed by atoms with Crippen LogP contribution < -0.4 is 42.5 Å². The minimum atomic E-state index is -4.83. The van der Waals surface area contributed by atoms with Gasteiger partial charge in [0.1, 0.15) is 12.9 Å². The number of ether oxygens (including phenoxy) is 2. The predicted molar refractivity (Wildman–Crippen MR) is 619 cm³/mol. The Labute approximate surface area is 876 Å². The minimum absolute atomic E-state index is 0.0462. The molecule has 0 aromatic carbocycles. The summed E-state index contributed by atoms with van der Waals surface area (Å²) in [6.45, 7) is 123. The minimum Gasteiger partial charge on any atom is -0.383 e. The Hall–Kier alpha value is -3.81. The number of carbonyl (C=O) groups excluding carboxylic acids is 3. The summed E-state index contributed by atoms with van der Waals surface area (Å²) in [4.78, 5) is 52.8. The second-order valence-corrected chi connectivity index (χ2v) is 55.9. The zero-order valence-corrected chi connectivity index (χ0v) is 104. The molecule has 0 aromatic rings. The number of amides is 3. The number of methoxy groups -OCH3 is 1. The Morgan fingerprint density at radius 3 is 1.12 bits per heavy atom. The molecule has 6 fully saturated rings. The molecule has 0 bridgehead atoms. The normalized spacial score (nSPS) is 16.3. The fourth-order valence-corrected chi connectivity index (χ4v) is 10.5. The number of carbonyl (C=O) groups is 3. The second kappa shape index (κ2) is 79.3. The average Bonchev–Trinajstić information content (AvgIpc) is 1.15. The Morgan fingerprint density at radius 2 is 0.858 bits per heavy atom. The maximum atomic E-state index is 12.6. The molecule has 23 heteroatoms. The molecule has 1 heterocycles. The zero-order chi connectivity index (χ0) is 113. The summed E-state index contributed by atoms with van der Waals surface area (Å²) in [6.07, 6.45) is 25.5. The SMILES string of the molecule is C=CC(C)(C)C.CC(=O)NCC(C)(C)C.CC(C)(C)C1OCC2(CC2)CN1C(=O)C(F)(F)F.CC(C)(C)C=NC1CC1.CC(C)(C)C=NCCC1CCCCC1.CC(C)(C)CNC1CC1.CC(C)(C)CNCC1CC1.CCC(C)(C)C.CCCN=CC(C)(C)C.CCNCC(C)(C)C.CCNCC(C)(C)C.CCNCCF.CN(C)C(=O)CNCC(C)(C)C.CNCC(C)(C)C.COCCN=CC(C)(C)C. The number of nitrogens with zero attached hydrogens (tertiary/aromatic N) is 6. The molecule has 1 spiro atoms. The van der Waals surface area contributed by atoms with Gasteiger partial charge < -0.3 is 61.8 Å². The Morgan fingerprint density at radius 1 is 0.475 bits per heavy atom. The van der Waals surface area contributed by atoms with Crippen LogP contribution in [0.5, 0.6) is 0 Å². The van der Waals surface area contributed by atoms with Gasteiger partial charge in [0.25, 0.3) is 0 Å². The second-order valence-electron chi connectivity index (χ2n) is 55.9. The van der Waals surface area contributed by atoms with E-state index in [4.69, 9.17) is 9.47 Å². The number of allylic oxidation sites excluding steroid dienone is 1. The third kappa shape index (κ3) is 147. The summed E-state index contributed by atoms with van der Waals surface area (Å²) in [5, 5.41) is 25.4. The molecule has 1 saturated heterocycles. The lowest BCUT2D eigenvalue weighted by Crippen LogP contribution is -2.58. The summed E-state index contributed by atoms with van der Waals surface area (Å²) in [7, 11) is 7.19. The van der Waals surface area contributed by atoms with E-state index in [1.807, 2.05) is 32.5 Å². The van der Waals surface area contributed by atoms with Gasteiger partial charge in [0.15, 0.2) is 0 Å². The van der Waals surface area contributed by atoms with Crippen LogP contribution in [0.3, 0.4) is 0 Å². The molecule has 5 aliphatic carbocycles. The van der Waals surface area contributed by atoms with Crippen molar-refractivity contribution in [2.24, 2.45) is 113 Å². The van der Waals surface area contributed by atoms with Gasteiger partial charge in [-0.05, 0) is 206 Å². The van der Waals surface area contributed by atoms with Crippen LogP contribution in [0.15, 0.2) is 32.6 Å². The van der Waals surface area contributed by atoms with Crippen LogP contribution in [0.2, 0.25) is 0 Å². The van der Waals surface area contributed by atoms with Crippen molar-refractivity contribution in [1.82, 2.24) is 52.3 Å². The van der Waals surface area contributed by atoms with Gasteiger partial charge in [-0.3, -0.25) is 34.4 Å². The summed E-state index contributed by atoms with van der Waals surface area (Å²) in [5.74, 6) is 0.376. The molecule has 3 amide bonds. The van der Waals surface area contributed by atoms with Crippen molar-refractivity contribution >= 4 is 42.6 Å². The van der Waals surface area contributed by atoms with Gasteiger partial charge in [-0.2, -0.15) is 13.2 Å². The number of hydrogen-bond acceptors (Lipinski definition) is 16. The van der Waals surface area contributed by atoms with Crippen molar-refractivity contribution in [3.63, 3.8) is 0 Å².